The monoisotopic (exact) mass is 434 g/mol. The van der Waals surface area contributed by atoms with Crippen molar-refractivity contribution < 1.29 is 0 Å². The lowest BCUT2D eigenvalue weighted by Crippen LogP contribution is -1.97. The predicted molar refractivity (Wildman–Crippen MR) is 136 cm³/mol. The highest BCUT2D eigenvalue weighted by Crippen LogP contribution is 2.36. The molecule has 5 rings (SSSR count). The van der Waals surface area contributed by atoms with Crippen molar-refractivity contribution in [1.29, 1.82) is 0 Å². The number of aryl methyl sites for hydroxylation is 1. The molecule has 0 fully saturated rings. The summed E-state index contributed by atoms with van der Waals surface area (Å²) in [6, 6.07) is 33.5. The van der Waals surface area contributed by atoms with Crippen LogP contribution in [0.1, 0.15) is 16.7 Å². The quantitative estimate of drug-likeness (QED) is 0.301. The number of hydrogen-bond donors (Lipinski definition) is 1. The summed E-state index contributed by atoms with van der Waals surface area (Å²) in [6.45, 7) is 2.10. The highest BCUT2D eigenvalue weighted by molar-refractivity contribution is 6.35. The Kier molecular flexibility index (Phi) is 5.62. The summed E-state index contributed by atoms with van der Waals surface area (Å²) in [5.41, 5.74) is 8.94. The second-order valence-electron chi connectivity index (χ2n) is 8.03. The van der Waals surface area contributed by atoms with Crippen LogP contribution in [0.4, 0.5) is 11.4 Å². The van der Waals surface area contributed by atoms with Gasteiger partial charge in [-0.2, -0.15) is 0 Å². The van der Waals surface area contributed by atoms with Crippen LogP contribution in [0.2, 0.25) is 5.02 Å². The van der Waals surface area contributed by atoms with E-state index in [0.29, 0.717) is 5.02 Å². The number of hydrogen-bond acceptors (Lipinski definition) is 2. The minimum absolute atomic E-state index is 0.670. The lowest BCUT2D eigenvalue weighted by molar-refractivity contribution is 1.17. The SMILES string of the molecule is Cc1cccc(Nc2cccc(-c3c(Cc4ccccc4)cnc4c(Cl)cccc34)c2)c1. The first-order valence-corrected chi connectivity index (χ1v) is 11.1. The van der Waals surface area contributed by atoms with Crippen LogP contribution in [0, 0.1) is 6.92 Å². The molecule has 2 nitrogen and oxygen atoms in total. The van der Waals surface area contributed by atoms with Crippen molar-refractivity contribution in [2.24, 2.45) is 0 Å². The van der Waals surface area contributed by atoms with Gasteiger partial charge in [0.2, 0.25) is 0 Å². The van der Waals surface area contributed by atoms with E-state index in [9.17, 15) is 0 Å². The molecule has 0 saturated heterocycles. The van der Waals surface area contributed by atoms with Crippen molar-refractivity contribution in [3.63, 3.8) is 0 Å². The average Bonchev–Trinajstić information content (AvgIpc) is 2.80. The number of benzene rings is 4. The van der Waals surface area contributed by atoms with Gasteiger partial charge in [-0.3, -0.25) is 4.98 Å². The summed E-state index contributed by atoms with van der Waals surface area (Å²) >= 11 is 6.51. The number of rotatable bonds is 5. The van der Waals surface area contributed by atoms with Gasteiger partial charge >= 0.3 is 0 Å². The third kappa shape index (κ3) is 4.23. The summed E-state index contributed by atoms with van der Waals surface area (Å²) in [6.07, 6.45) is 2.78. The van der Waals surface area contributed by atoms with E-state index in [2.05, 4.69) is 91.1 Å². The predicted octanol–water partition coefficient (Wildman–Crippen LogP) is 8.20. The average molecular weight is 435 g/mol. The van der Waals surface area contributed by atoms with Gasteiger partial charge in [-0.25, -0.2) is 0 Å². The topological polar surface area (TPSA) is 24.9 Å². The Hall–Kier alpha value is -3.62. The number of nitrogens with one attached hydrogen (secondary N) is 1. The Morgan fingerprint density at radius 3 is 2.34 bits per heavy atom. The maximum atomic E-state index is 6.51. The van der Waals surface area contributed by atoms with E-state index < -0.39 is 0 Å². The van der Waals surface area contributed by atoms with Crippen LogP contribution in [0.15, 0.2) is 103 Å². The Balaban J connectivity index is 1.63. The van der Waals surface area contributed by atoms with E-state index in [1.165, 1.54) is 22.3 Å². The van der Waals surface area contributed by atoms with Gasteiger partial charge in [0, 0.05) is 23.0 Å². The van der Waals surface area contributed by atoms with E-state index in [0.717, 1.165) is 34.3 Å². The number of fused-ring (bicyclic) bond motifs is 1. The summed E-state index contributed by atoms with van der Waals surface area (Å²) in [4.78, 5) is 4.72. The Labute approximate surface area is 193 Å². The van der Waals surface area contributed by atoms with Gasteiger partial charge in [0.05, 0.1) is 10.5 Å². The van der Waals surface area contributed by atoms with Crippen molar-refractivity contribution in [2.75, 3.05) is 5.32 Å². The first-order chi connectivity index (χ1) is 15.7. The normalized spacial score (nSPS) is 10.9. The number of halogens is 1. The largest absolute Gasteiger partial charge is 0.356 e. The summed E-state index contributed by atoms with van der Waals surface area (Å²) in [7, 11) is 0. The van der Waals surface area contributed by atoms with E-state index in [1.54, 1.807) is 0 Å². The lowest BCUT2D eigenvalue weighted by Gasteiger charge is -2.15. The van der Waals surface area contributed by atoms with Crippen LogP contribution >= 0.6 is 11.6 Å². The highest BCUT2D eigenvalue weighted by atomic mass is 35.5. The zero-order chi connectivity index (χ0) is 21.9. The van der Waals surface area contributed by atoms with E-state index in [4.69, 9.17) is 16.6 Å². The lowest BCUT2D eigenvalue weighted by atomic mass is 9.92. The fourth-order valence-electron chi connectivity index (χ4n) is 4.16. The summed E-state index contributed by atoms with van der Waals surface area (Å²) < 4.78 is 0. The standard InChI is InChI=1S/C29H23ClN2/c1-20-8-5-12-24(16-20)32-25-13-6-11-22(18-25)28-23(17-21-9-3-2-4-10-21)19-31-29-26(28)14-7-15-27(29)30/h2-16,18-19,32H,17H2,1H3. The molecule has 0 spiro atoms. The molecule has 1 aromatic heterocycles. The number of anilines is 2. The molecule has 1 N–H and O–H groups in total. The molecule has 0 unspecified atom stereocenters. The van der Waals surface area contributed by atoms with E-state index >= 15 is 0 Å². The van der Waals surface area contributed by atoms with Crippen molar-refractivity contribution in [2.45, 2.75) is 13.3 Å². The number of pyridine rings is 1. The van der Waals surface area contributed by atoms with Crippen molar-refractivity contribution in [3.05, 3.63) is 125 Å². The molecule has 1 heterocycles. The summed E-state index contributed by atoms with van der Waals surface area (Å²) in [5, 5.41) is 5.28. The van der Waals surface area contributed by atoms with Gasteiger partial charge in [-0.1, -0.05) is 78.3 Å². The third-order valence-corrected chi connectivity index (χ3v) is 5.93. The van der Waals surface area contributed by atoms with Crippen LogP contribution in [0.5, 0.6) is 0 Å². The summed E-state index contributed by atoms with van der Waals surface area (Å²) in [5.74, 6) is 0. The molecule has 32 heavy (non-hydrogen) atoms. The van der Waals surface area contributed by atoms with Crippen molar-refractivity contribution >= 4 is 33.9 Å². The molecule has 0 aliphatic rings. The molecular formula is C29H23ClN2. The Morgan fingerprint density at radius 2 is 1.53 bits per heavy atom. The maximum absolute atomic E-state index is 6.51. The maximum Gasteiger partial charge on any atom is 0.0894 e. The molecule has 0 bridgehead atoms. The minimum Gasteiger partial charge on any atom is -0.356 e. The Morgan fingerprint density at radius 1 is 0.781 bits per heavy atom. The van der Waals surface area contributed by atoms with Crippen molar-refractivity contribution in [3.8, 4) is 11.1 Å². The minimum atomic E-state index is 0.670. The van der Waals surface area contributed by atoms with Gasteiger partial charge in [-0.15, -0.1) is 0 Å². The second-order valence-corrected chi connectivity index (χ2v) is 8.44. The van der Waals surface area contributed by atoms with E-state index in [-0.39, 0.29) is 0 Å². The van der Waals surface area contributed by atoms with Crippen LogP contribution in [-0.2, 0) is 6.42 Å². The molecule has 5 aromatic rings. The number of nitrogens with zero attached hydrogens (tertiary/aromatic N) is 1. The van der Waals surface area contributed by atoms with Gasteiger partial charge in [0.1, 0.15) is 0 Å². The van der Waals surface area contributed by atoms with Crippen LogP contribution in [-0.4, -0.2) is 4.98 Å². The van der Waals surface area contributed by atoms with Crippen LogP contribution in [0.25, 0.3) is 22.0 Å². The molecule has 0 atom stereocenters. The molecule has 0 radical (unpaired) electrons. The molecule has 4 aromatic carbocycles. The molecule has 0 saturated carbocycles. The molecule has 0 amide bonds. The zero-order valence-corrected chi connectivity index (χ0v) is 18.6. The van der Waals surface area contributed by atoms with Gasteiger partial charge in [0.15, 0.2) is 0 Å². The van der Waals surface area contributed by atoms with E-state index in [1.807, 2.05) is 24.4 Å². The smallest absolute Gasteiger partial charge is 0.0894 e. The molecule has 0 aliphatic carbocycles. The Bertz CT molecular complexity index is 1390. The van der Waals surface area contributed by atoms with Gasteiger partial charge < -0.3 is 5.32 Å². The van der Waals surface area contributed by atoms with Crippen molar-refractivity contribution in [1.82, 2.24) is 4.98 Å². The first kappa shape index (κ1) is 20.3. The molecule has 0 aliphatic heterocycles. The van der Waals surface area contributed by atoms with Crippen LogP contribution in [0.3, 0.4) is 0 Å². The fourth-order valence-corrected chi connectivity index (χ4v) is 4.38. The second kappa shape index (κ2) is 8.86. The van der Waals surface area contributed by atoms with Crippen LogP contribution < -0.4 is 5.32 Å². The molecular weight excluding hydrogens is 412 g/mol. The number of aromatic nitrogens is 1. The molecule has 156 valence electrons. The first-order valence-electron chi connectivity index (χ1n) is 10.7. The van der Waals surface area contributed by atoms with Gasteiger partial charge in [0.25, 0.3) is 0 Å². The molecule has 3 heteroatoms. The third-order valence-electron chi connectivity index (χ3n) is 5.62. The fraction of sp³-hybridized carbons (Fsp3) is 0.0690. The highest BCUT2D eigenvalue weighted by Gasteiger charge is 2.14. The van der Waals surface area contributed by atoms with Gasteiger partial charge in [-0.05, 0) is 71.5 Å². The number of para-hydroxylation sites is 1. The zero-order valence-electron chi connectivity index (χ0n) is 17.8.